The molecule has 3 amide bonds. The van der Waals surface area contributed by atoms with E-state index in [4.69, 9.17) is 38.4 Å². The van der Waals surface area contributed by atoms with E-state index < -0.39 is 96.2 Å². The smallest absolute Gasteiger partial charge is 0.407 e. The Morgan fingerprint density at radius 1 is 0.797 bits per heavy atom. The topological polar surface area (TPSA) is 352 Å². The first kappa shape index (κ1) is 58.0. The first-order valence-electron chi connectivity index (χ1n) is 22.8. The van der Waals surface area contributed by atoms with Gasteiger partial charge in [0.1, 0.15) is 35.8 Å². The molecule has 0 aliphatic carbocycles. The Labute approximate surface area is 399 Å². The molecule has 24 nitrogen and oxygen atoms in total. The summed E-state index contributed by atoms with van der Waals surface area (Å²) in [6.45, 7) is 7.20. The minimum Gasteiger partial charge on any atom is -0.477 e. The molecule has 0 bridgehead atoms. The highest BCUT2D eigenvalue weighted by Crippen LogP contribution is 2.34. The number of hydrogen-bond acceptors (Lipinski definition) is 20. The molecule has 10 N–H and O–H groups in total. The number of benzene rings is 1. The Hall–Kier alpha value is -5.33. The lowest BCUT2D eigenvalue weighted by atomic mass is 9.88. The van der Waals surface area contributed by atoms with Gasteiger partial charge < -0.3 is 85.3 Å². The predicted octanol–water partition coefficient (Wildman–Crippen LogP) is -1.37. The van der Waals surface area contributed by atoms with E-state index in [-0.39, 0.29) is 37.6 Å². The van der Waals surface area contributed by atoms with Crippen LogP contribution in [0.25, 0.3) is 0 Å². The average Bonchev–Trinajstić information content (AvgIpc) is 3.31. The van der Waals surface area contributed by atoms with Crippen molar-refractivity contribution in [2.24, 2.45) is 0 Å². The van der Waals surface area contributed by atoms with E-state index in [1.807, 2.05) is 6.07 Å². The first-order valence-corrected chi connectivity index (χ1v) is 22.8. The summed E-state index contributed by atoms with van der Waals surface area (Å²) in [5, 5.41) is 74.7. The zero-order chi connectivity index (χ0) is 50.8. The number of ether oxygens (including phenoxy) is 7. The van der Waals surface area contributed by atoms with Crippen LogP contribution in [-0.4, -0.2) is 184 Å². The molecule has 69 heavy (non-hydrogen) atoms. The van der Waals surface area contributed by atoms with Crippen molar-refractivity contribution in [1.29, 1.82) is 5.26 Å². The molecular formula is C45H68N6O18. The van der Waals surface area contributed by atoms with Crippen LogP contribution in [0.1, 0.15) is 64.0 Å². The number of rotatable bonds is 34. The van der Waals surface area contributed by atoms with Crippen LogP contribution in [0.3, 0.4) is 0 Å². The molecule has 1 aliphatic heterocycles. The van der Waals surface area contributed by atoms with Gasteiger partial charge in [-0.15, -0.1) is 0 Å². The van der Waals surface area contributed by atoms with E-state index in [1.54, 1.807) is 32.9 Å². The van der Waals surface area contributed by atoms with Gasteiger partial charge in [0.25, 0.3) is 16.6 Å². The molecule has 3 rings (SSSR count). The molecule has 1 fully saturated rings. The van der Waals surface area contributed by atoms with Gasteiger partial charge in [-0.3, -0.25) is 19.2 Å². The molecule has 0 aromatic heterocycles. The number of hydrogen-bond donors (Lipinski definition) is 10. The van der Waals surface area contributed by atoms with Gasteiger partial charge in [0, 0.05) is 32.6 Å². The number of aliphatic hydroxyl groups is 4. The van der Waals surface area contributed by atoms with Crippen LogP contribution >= 0.6 is 0 Å². The van der Waals surface area contributed by atoms with Crippen molar-refractivity contribution in [3.05, 3.63) is 55.8 Å². The van der Waals surface area contributed by atoms with Crippen LogP contribution in [0.5, 0.6) is 0 Å². The van der Waals surface area contributed by atoms with E-state index >= 15 is 0 Å². The van der Waals surface area contributed by atoms with Gasteiger partial charge in [-0.25, -0.2) is 9.59 Å². The summed E-state index contributed by atoms with van der Waals surface area (Å²) in [4.78, 5) is 73.2. The number of nitrogens with zero attached hydrogens (tertiary/aromatic N) is 1. The number of nitrogens with one attached hydrogen (secondary N) is 5. The molecule has 2 aromatic rings. The van der Waals surface area contributed by atoms with Gasteiger partial charge in [-0.1, -0.05) is 25.0 Å². The highest BCUT2D eigenvalue weighted by atomic mass is 16.7. The van der Waals surface area contributed by atoms with E-state index in [9.17, 15) is 54.3 Å². The van der Waals surface area contributed by atoms with Crippen molar-refractivity contribution in [1.82, 2.24) is 16.0 Å². The van der Waals surface area contributed by atoms with Gasteiger partial charge >= 0.3 is 12.1 Å². The normalized spacial score (nSPS) is 19.0. The predicted molar refractivity (Wildman–Crippen MR) is 245 cm³/mol. The highest BCUT2D eigenvalue weighted by Gasteiger charge is 2.55. The Balaban J connectivity index is 1.31. The third-order valence-electron chi connectivity index (χ3n) is 10.3. The van der Waals surface area contributed by atoms with E-state index in [0.29, 0.717) is 96.1 Å². The van der Waals surface area contributed by atoms with Crippen LogP contribution in [0.4, 0.5) is 16.2 Å². The number of carbonyl (C=O) groups is 4. The number of alkyl carbamates (subject to hydrolysis) is 1. The zero-order valence-electron chi connectivity index (χ0n) is 39.3. The average molecular weight is 981 g/mol. The largest absolute Gasteiger partial charge is 0.477 e. The molecule has 1 saturated heterocycles. The van der Waals surface area contributed by atoms with Crippen molar-refractivity contribution in [3.8, 4) is 6.07 Å². The van der Waals surface area contributed by atoms with Crippen LogP contribution in [-0.2, 0) is 54.0 Å². The standard InChI is InChI=1S/C45H68N6O18/c1-44(2,3)69-43(62)49-14-17-64-19-21-66-23-22-65-20-18-63-16-13-48-37-36(39(58)40(37)59)47-12-6-4-5-7-15-67-45(42(60)61)25-31(53)35(51-34(56)28-52)41(68-45)38(57)32(54)27-50-33(55)24-29-8-10-30(26-46)11-9-29/h8-11,31-32,35,38,41,47-48,52-54,57H,4-7,12-25,27-28H2,1-3H3,(H,49,62)(H,50,55)(H,51,56)(H,60,61)/t31-,32+,35+,38+,41+,45+/m0/s1. The number of carboxylic acid groups (broad SMARTS) is 1. The maximum atomic E-state index is 12.6. The minimum atomic E-state index is -2.52. The van der Waals surface area contributed by atoms with Gasteiger partial charge in [-0.05, 0) is 51.3 Å². The fourth-order valence-corrected chi connectivity index (χ4v) is 6.76. The lowest BCUT2D eigenvalue weighted by Gasteiger charge is -2.46. The van der Waals surface area contributed by atoms with E-state index in [1.165, 1.54) is 12.1 Å². The molecule has 386 valence electrons. The maximum absolute atomic E-state index is 12.6. The van der Waals surface area contributed by atoms with Crippen molar-refractivity contribution >= 4 is 35.3 Å². The SMILES string of the molecule is CC(C)(C)OC(=O)NCCOCCOCCOCCOCCNc1c(NCCCCCCO[C@]2(C(=O)O)C[C@H](O)[C@@H](NC(=O)CO)[C@H]([C@H](O)[C@H](O)CNC(=O)Cc3ccc(C#N)cc3)O2)c(=O)c1=O. The molecule has 0 radical (unpaired) electrons. The first-order chi connectivity index (χ1) is 32.9. The summed E-state index contributed by atoms with van der Waals surface area (Å²) in [7, 11) is 0. The van der Waals surface area contributed by atoms with Crippen molar-refractivity contribution < 1.29 is 77.9 Å². The summed E-state index contributed by atoms with van der Waals surface area (Å²) < 4.78 is 38.4. The van der Waals surface area contributed by atoms with Gasteiger partial charge in [0.2, 0.25) is 11.8 Å². The van der Waals surface area contributed by atoms with Gasteiger partial charge in [0.15, 0.2) is 0 Å². The number of anilines is 2. The van der Waals surface area contributed by atoms with Crippen LogP contribution < -0.4 is 37.4 Å². The molecule has 2 aromatic carbocycles. The van der Waals surface area contributed by atoms with E-state index in [0.717, 1.165) is 0 Å². The molecule has 1 aliphatic rings. The number of aliphatic carboxylic acids is 1. The Kier molecular flexibility index (Phi) is 25.5. The highest BCUT2D eigenvalue weighted by molar-refractivity contribution is 5.79. The summed E-state index contributed by atoms with van der Waals surface area (Å²) in [5.74, 6) is -5.70. The second-order valence-corrected chi connectivity index (χ2v) is 16.9. The fraction of sp³-hybridized carbons (Fsp3) is 0.667. The third kappa shape index (κ3) is 20.7. The number of carboxylic acids is 1. The number of amides is 3. The number of unbranched alkanes of at least 4 members (excludes halogenated alkanes) is 3. The fourth-order valence-electron chi connectivity index (χ4n) is 6.76. The molecule has 1 heterocycles. The molecule has 24 heteroatoms. The van der Waals surface area contributed by atoms with Crippen molar-refractivity contribution in [3.63, 3.8) is 0 Å². The summed E-state index contributed by atoms with van der Waals surface area (Å²) in [6.07, 6.45) is -6.56. The lowest BCUT2D eigenvalue weighted by molar-refractivity contribution is -0.310. The Morgan fingerprint density at radius 3 is 1.93 bits per heavy atom. The monoisotopic (exact) mass is 980 g/mol. The second-order valence-electron chi connectivity index (χ2n) is 16.9. The van der Waals surface area contributed by atoms with Crippen LogP contribution in [0.15, 0.2) is 33.9 Å². The van der Waals surface area contributed by atoms with Gasteiger partial charge in [0.05, 0.1) is 95.8 Å². The summed E-state index contributed by atoms with van der Waals surface area (Å²) in [5.41, 5.74) is -0.544. The number of aliphatic hydroxyl groups excluding tert-OH is 4. The van der Waals surface area contributed by atoms with Crippen molar-refractivity contribution in [2.45, 2.75) is 101 Å². The molecule has 0 unspecified atom stereocenters. The van der Waals surface area contributed by atoms with Crippen LogP contribution in [0.2, 0.25) is 0 Å². The van der Waals surface area contributed by atoms with E-state index in [2.05, 4.69) is 26.6 Å². The van der Waals surface area contributed by atoms with Crippen LogP contribution in [0, 0.1) is 11.3 Å². The molecule has 0 saturated carbocycles. The maximum Gasteiger partial charge on any atom is 0.407 e. The molecular weight excluding hydrogens is 913 g/mol. The molecule has 6 atom stereocenters. The zero-order valence-corrected chi connectivity index (χ0v) is 39.3. The number of nitriles is 1. The molecule has 0 spiro atoms. The summed E-state index contributed by atoms with van der Waals surface area (Å²) in [6, 6.07) is 6.68. The Morgan fingerprint density at radius 2 is 1.36 bits per heavy atom. The third-order valence-corrected chi connectivity index (χ3v) is 10.3. The minimum absolute atomic E-state index is 0.123. The van der Waals surface area contributed by atoms with Crippen molar-refractivity contribution in [2.75, 3.05) is 103 Å². The number of carbonyl (C=O) groups excluding carboxylic acids is 3. The second kappa shape index (κ2) is 30.3. The van der Waals surface area contributed by atoms with Gasteiger partial charge in [-0.2, -0.15) is 5.26 Å². The lowest BCUT2D eigenvalue weighted by Crippen LogP contribution is -2.68. The quantitative estimate of drug-likeness (QED) is 0.0286. The summed E-state index contributed by atoms with van der Waals surface area (Å²) >= 11 is 0. The Bertz CT molecular complexity index is 2000.